The van der Waals surface area contributed by atoms with E-state index in [-0.39, 0.29) is 12.0 Å². The van der Waals surface area contributed by atoms with E-state index in [9.17, 15) is 4.79 Å². The molecular formula is C11H17N3O2. The van der Waals surface area contributed by atoms with Crippen LogP contribution in [0.3, 0.4) is 0 Å². The minimum absolute atomic E-state index is 0.0136. The molecule has 1 amide bonds. The van der Waals surface area contributed by atoms with E-state index in [1.54, 1.807) is 6.20 Å². The van der Waals surface area contributed by atoms with Crippen LogP contribution in [-0.2, 0) is 16.1 Å². The summed E-state index contributed by atoms with van der Waals surface area (Å²) in [4.78, 5) is 11.7. The Hall–Kier alpha value is -1.36. The molecule has 1 aliphatic heterocycles. The SMILES string of the molecule is Cc1[nH]ncc1CNC(=O)C1CCCCO1. The molecule has 0 aliphatic carbocycles. The number of aromatic nitrogens is 2. The smallest absolute Gasteiger partial charge is 0.249 e. The Morgan fingerprint density at radius 1 is 1.69 bits per heavy atom. The van der Waals surface area contributed by atoms with Gasteiger partial charge in [-0.3, -0.25) is 9.89 Å². The van der Waals surface area contributed by atoms with E-state index < -0.39 is 0 Å². The molecule has 2 heterocycles. The third-order valence-electron chi connectivity index (χ3n) is 2.86. The number of carbonyl (C=O) groups is 1. The molecule has 5 nitrogen and oxygen atoms in total. The van der Waals surface area contributed by atoms with Gasteiger partial charge in [-0.25, -0.2) is 0 Å². The Morgan fingerprint density at radius 2 is 2.56 bits per heavy atom. The molecule has 2 rings (SSSR count). The molecule has 1 saturated heterocycles. The van der Waals surface area contributed by atoms with Crippen LogP contribution in [0.2, 0.25) is 0 Å². The van der Waals surface area contributed by atoms with Crippen molar-refractivity contribution in [2.75, 3.05) is 6.61 Å². The first-order valence-corrected chi connectivity index (χ1v) is 5.65. The highest BCUT2D eigenvalue weighted by molar-refractivity contribution is 5.80. The number of aryl methyl sites for hydroxylation is 1. The minimum atomic E-state index is -0.263. The zero-order chi connectivity index (χ0) is 11.4. The molecule has 16 heavy (non-hydrogen) atoms. The van der Waals surface area contributed by atoms with E-state index in [2.05, 4.69) is 15.5 Å². The number of rotatable bonds is 3. The highest BCUT2D eigenvalue weighted by atomic mass is 16.5. The Kier molecular flexibility index (Phi) is 3.56. The van der Waals surface area contributed by atoms with E-state index >= 15 is 0 Å². The van der Waals surface area contributed by atoms with Crippen molar-refractivity contribution >= 4 is 5.91 Å². The molecule has 2 N–H and O–H groups in total. The van der Waals surface area contributed by atoms with Crippen molar-refractivity contribution in [3.63, 3.8) is 0 Å². The van der Waals surface area contributed by atoms with E-state index in [1.165, 1.54) is 0 Å². The number of H-pyrrole nitrogens is 1. The Morgan fingerprint density at radius 3 is 3.19 bits per heavy atom. The van der Waals surface area contributed by atoms with Gasteiger partial charge in [0, 0.05) is 24.4 Å². The van der Waals surface area contributed by atoms with Crippen LogP contribution < -0.4 is 5.32 Å². The molecule has 1 aliphatic rings. The zero-order valence-corrected chi connectivity index (χ0v) is 9.45. The minimum Gasteiger partial charge on any atom is -0.368 e. The number of nitrogens with zero attached hydrogens (tertiary/aromatic N) is 1. The number of hydrogen-bond donors (Lipinski definition) is 2. The van der Waals surface area contributed by atoms with E-state index in [1.807, 2.05) is 6.92 Å². The molecule has 1 aromatic rings. The molecule has 0 spiro atoms. The normalized spacial score (nSPS) is 20.7. The topological polar surface area (TPSA) is 67.0 Å². The molecule has 1 unspecified atom stereocenters. The lowest BCUT2D eigenvalue weighted by Gasteiger charge is -2.21. The van der Waals surface area contributed by atoms with Crippen LogP contribution in [0.4, 0.5) is 0 Å². The van der Waals surface area contributed by atoms with Crippen molar-refractivity contribution in [3.8, 4) is 0 Å². The number of amides is 1. The predicted octanol–water partition coefficient (Wildman–Crippen LogP) is 0.903. The van der Waals surface area contributed by atoms with Gasteiger partial charge in [-0.2, -0.15) is 5.10 Å². The van der Waals surface area contributed by atoms with Crippen LogP contribution in [0.15, 0.2) is 6.20 Å². The lowest BCUT2D eigenvalue weighted by molar-refractivity contribution is -0.135. The molecule has 1 aromatic heterocycles. The quantitative estimate of drug-likeness (QED) is 0.800. The molecular weight excluding hydrogens is 206 g/mol. The highest BCUT2D eigenvalue weighted by Crippen LogP contribution is 2.12. The third-order valence-corrected chi connectivity index (χ3v) is 2.86. The van der Waals surface area contributed by atoms with E-state index in [0.717, 1.165) is 30.5 Å². The third kappa shape index (κ3) is 2.61. The maximum atomic E-state index is 11.7. The van der Waals surface area contributed by atoms with Crippen LogP contribution in [-0.4, -0.2) is 28.8 Å². The van der Waals surface area contributed by atoms with E-state index in [4.69, 9.17) is 4.74 Å². The van der Waals surface area contributed by atoms with Crippen LogP contribution >= 0.6 is 0 Å². The second-order valence-electron chi connectivity index (χ2n) is 4.09. The van der Waals surface area contributed by atoms with Crippen molar-refractivity contribution in [2.24, 2.45) is 0 Å². The summed E-state index contributed by atoms with van der Waals surface area (Å²) < 4.78 is 5.40. The highest BCUT2D eigenvalue weighted by Gasteiger charge is 2.21. The maximum absolute atomic E-state index is 11.7. The van der Waals surface area contributed by atoms with Gasteiger partial charge in [0.2, 0.25) is 5.91 Å². The molecule has 1 fully saturated rings. The van der Waals surface area contributed by atoms with Crippen molar-refractivity contribution in [1.29, 1.82) is 0 Å². The summed E-state index contributed by atoms with van der Waals surface area (Å²) >= 11 is 0. The fraction of sp³-hybridized carbons (Fsp3) is 0.636. The van der Waals surface area contributed by atoms with Gasteiger partial charge in [0.25, 0.3) is 0 Å². The van der Waals surface area contributed by atoms with Crippen molar-refractivity contribution in [3.05, 3.63) is 17.5 Å². The summed E-state index contributed by atoms with van der Waals surface area (Å²) in [6.07, 6.45) is 4.43. The van der Waals surface area contributed by atoms with Crippen LogP contribution in [0.25, 0.3) is 0 Å². The van der Waals surface area contributed by atoms with Gasteiger partial charge in [0.05, 0.1) is 6.20 Å². The van der Waals surface area contributed by atoms with E-state index in [0.29, 0.717) is 13.2 Å². The molecule has 0 saturated carbocycles. The maximum Gasteiger partial charge on any atom is 0.249 e. The van der Waals surface area contributed by atoms with Gasteiger partial charge in [0.15, 0.2) is 0 Å². The average molecular weight is 223 g/mol. The summed E-state index contributed by atoms with van der Waals surface area (Å²) in [5, 5.41) is 9.62. The number of nitrogens with one attached hydrogen (secondary N) is 2. The standard InChI is InChI=1S/C11H17N3O2/c1-8-9(7-13-14-8)6-12-11(15)10-4-2-3-5-16-10/h7,10H,2-6H2,1H3,(H,12,15)(H,13,14). The summed E-state index contributed by atoms with van der Waals surface area (Å²) in [6.45, 7) is 3.15. The summed E-state index contributed by atoms with van der Waals surface area (Å²) in [5.41, 5.74) is 2.01. The first kappa shape index (κ1) is 11.1. The first-order chi connectivity index (χ1) is 7.77. The fourth-order valence-electron chi connectivity index (χ4n) is 1.80. The summed E-state index contributed by atoms with van der Waals surface area (Å²) in [5.74, 6) is -0.0136. The number of hydrogen-bond acceptors (Lipinski definition) is 3. The molecule has 88 valence electrons. The molecule has 0 aromatic carbocycles. The van der Waals surface area contributed by atoms with Gasteiger partial charge in [-0.1, -0.05) is 0 Å². The fourth-order valence-corrected chi connectivity index (χ4v) is 1.80. The first-order valence-electron chi connectivity index (χ1n) is 5.65. The Bertz CT molecular complexity index is 356. The van der Waals surface area contributed by atoms with Gasteiger partial charge < -0.3 is 10.1 Å². The second kappa shape index (κ2) is 5.12. The number of ether oxygens (including phenoxy) is 1. The lowest BCUT2D eigenvalue weighted by atomic mass is 10.1. The Labute approximate surface area is 94.6 Å². The zero-order valence-electron chi connectivity index (χ0n) is 9.45. The second-order valence-corrected chi connectivity index (χ2v) is 4.09. The van der Waals surface area contributed by atoms with Gasteiger partial charge in [-0.15, -0.1) is 0 Å². The molecule has 5 heteroatoms. The van der Waals surface area contributed by atoms with Gasteiger partial charge in [-0.05, 0) is 26.2 Å². The van der Waals surface area contributed by atoms with Gasteiger partial charge >= 0.3 is 0 Å². The van der Waals surface area contributed by atoms with Crippen LogP contribution in [0.1, 0.15) is 30.5 Å². The number of carbonyl (C=O) groups excluding carboxylic acids is 1. The summed E-state index contributed by atoms with van der Waals surface area (Å²) in [6, 6.07) is 0. The lowest BCUT2D eigenvalue weighted by Crippen LogP contribution is -2.38. The predicted molar refractivity (Wildman–Crippen MR) is 58.8 cm³/mol. The largest absolute Gasteiger partial charge is 0.368 e. The number of aromatic amines is 1. The average Bonchev–Trinajstić information content (AvgIpc) is 2.73. The van der Waals surface area contributed by atoms with Crippen LogP contribution in [0, 0.1) is 6.92 Å². The molecule has 0 bridgehead atoms. The summed E-state index contributed by atoms with van der Waals surface area (Å²) in [7, 11) is 0. The Balaban J connectivity index is 1.81. The van der Waals surface area contributed by atoms with Crippen molar-refractivity contribution in [2.45, 2.75) is 38.8 Å². The van der Waals surface area contributed by atoms with Gasteiger partial charge in [0.1, 0.15) is 6.10 Å². The van der Waals surface area contributed by atoms with Crippen molar-refractivity contribution < 1.29 is 9.53 Å². The monoisotopic (exact) mass is 223 g/mol. The van der Waals surface area contributed by atoms with Crippen LogP contribution in [0.5, 0.6) is 0 Å². The van der Waals surface area contributed by atoms with Crippen molar-refractivity contribution in [1.82, 2.24) is 15.5 Å². The molecule has 0 radical (unpaired) electrons. The molecule has 1 atom stereocenters.